The van der Waals surface area contributed by atoms with Crippen LogP contribution in [0.3, 0.4) is 0 Å². The highest BCUT2D eigenvalue weighted by atomic mass is 32.1. The Morgan fingerprint density at radius 1 is 1.14 bits per heavy atom. The van der Waals surface area contributed by atoms with Gasteiger partial charge < -0.3 is 20.1 Å². The van der Waals surface area contributed by atoms with Crippen LogP contribution in [0.15, 0.2) is 24.3 Å². The summed E-state index contributed by atoms with van der Waals surface area (Å²) in [4.78, 5) is 1.92. The lowest BCUT2D eigenvalue weighted by atomic mass is 10.3. The van der Waals surface area contributed by atoms with Crippen molar-refractivity contribution >= 4 is 34.8 Å². The second kappa shape index (κ2) is 11.2. The van der Waals surface area contributed by atoms with Crippen molar-refractivity contribution in [1.82, 2.24) is 4.90 Å². The molecular weight excluding hydrogens is 311 g/mol. The molecule has 21 heavy (non-hydrogen) atoms. The Morgan fingerprint density at radius 2 is 1.67 bits per heavy atom. The number of hydrogen-bond donors (Lipinski definition) is 1. The molecule has 0 unspecified atom stereocenters. The summed E-state index contributed by atoms with van der Waals surface area (Å²) in [5.41, 5.74) is 4.91. The van der Waals surface area contributed by atoms with Crippen LogP contribution in [-0.4, -0.2) is 34.9 Å². The Balaban J connectivity index is 0.000000567. The first-order valence-electron chi connectivity index (χ1n) is 6.59. The smallest absolute Gasteiger partial charge is 0.264 e. The Morgan fingerprint density at radius 3 is 2.00 bits per heavy atom. The van der Waals surface area contributed by atoms with E-state index in [1.54, 1.807) is 12.1 Å². The van der Waals surface area contributed by atoms with Gasteiger partial charge in [0, 0.05) is 13.1 Å². The lowest BCUT2D eigenvalue weighted by molar-refractivity contribution is 0.331. The van der Waals surface area contributed by atoms with E-state index in [1.165, 1.54) is 12.1 Å². The Hall–Kier alpha value is -1.47. The van der Waals surface area contributed by atoms with Crippen LogP contribution in [-0.2, 0) is 4.74 Å². The molecule has 0 heterocycles. The summed E-state index contributed by atoms with van der Waals surface area (Å²) < 4.78 is 22.6. The van der Waals surface area contributed by atoms with Crippen molar-refractivity contribution in [3.63, 3.8) is 0 Å². The molecule has 1 aromatic rings. The van der Waals surface area contributed by atoms with Gasteiger partial charge in [-0.05, 0) is 69.5 Å². The average molecular weight is 332 g/mol. The number of benzene rings is 1. The Kier molecular flexibility index (Phi) is 10.4. The van der Waals surface area contributed by atoms with Crippen LogP contribution in [0.4, 0.5) is 4.39 Å². The van der Waals surface area contributed by atoms with Gasteiger partial charge in [0.1, 0.15) is 11.6 Å². The fourth-order valence-corrected chi connectivity index (χ4v) is 1.76. The maximum absolute atomic E-state index is 12.6. The van der Waals surface area contributed by atoms with Gasteiger partial charge in [-0.25, -0.2) is 4.39 Å². The van der Waals surface area contributed by atoms with Gasteiger partial charge in [-0.1, -0.05) is 0 Å². The number of rotatable bonds is 4. The molecule has 7 heteroatoms. The molecule has 1 rings (SSSR count). The lowest BCUT2D eigenvalue weighted by Gasteiger charge is -2.20. The van der Waals surface area contributed by atoms with E-state index in [1.807, 2.05) is 25.7 Å². The molecule has 0 saturated heterocycles. The second-order valence-electron chi connectivity index (χ2n) is 3.75. The summed E-state index contributed by atoms with van der Waals surface area (Å²) >= 11 is 9.45. The topological polar surface area (TPSA) is 47.7 Å². The molecule has 0 spiro atoms. The molecule has 0 aliphatic carbocycles. The predicted octanol–water partition coefficient (Wildman–Crippen LogP) is 3.10. The molecule has 4 nitrogen and oxygen atoms in total. The highest BCUT2D eigenvalue weighted by molar-refractivity contribution is 7.80. The minimum absolute atomic E-state index is 0.123. The van der Waals surface area contributed by atoms with Gasteiger partial charge in [0.15, 0.2) is 0 Å². The summed E-state index contributed by atoms with van der Waals surface area (Å²) in [7, 11) is 0. The Bertz CT molecular complexity index is 437. The van der Waals surface area contributed by atoms with Crippen LogP contribution < -0.4 is 10.5 Å². The highest BCUT2D eigenvalue weighted by Gasteiger charge is 2.07. The average Bonchev–Trinajstić information content (AvgIpc) is 2.43. The summed E-state index contributed by atoms with van der Waals surface area (Å²) in [6.45, 7) is 8.01. The minimum Gasteiger partial charge on any atom is -0.472 e. The maximum Gasteiger partial charge on any atom is 0.264 e. The standard InChI is InChI=1S/C11H14FNOS.C3H7NOS/c1-3-13(4-2)11(15)14-10-7-5-9(12)6-8-10;1-2-5-3(4)6/h5-8H,3-4H2,1-2H3;2H2,1H3,(H2,4,6). The van der Waals surface area contributed by atoms with Crippen molar-refractivity contribution in [2.75, 3.05) is 19.7 Å². The number of ether oxygens (including phenoxy) is 2. The molecular formula is C14H21FN2O2S2. The van der Waals surface area contributed by atoms with Gasteiger partial charge in [-0.3, -0.25) is 0 Å². The zero-order valence-corrected chi connectivity index (χ0v) is 14.1. The van der Waals surface area contributed by atoms with Crippen molar-refractivity contribution in [2.24, 2.45) is 5.73 Å². The summed E-state index contributed by atoms with van der Waals surface area (Å²) in [5, 5.41) is 0.545. The third-order valence-electron chi connectivity index (χ3n) is 2.33. The SMILES string of the molecule is CCN(CC)C(=S)Oc1ccc(F)cc1.CCOC(N)=S. The second-order valence-corrected chi connectivity index (χ2v) is 4.50. The molecule has 0 fully saturated rings. The zero-order valence-electron chi connectivity index (χ0n) is 12.5. The third-order valence-corrected chi connectivity index (χ3v) is 2.79. The van der Waals surface area contributed by atoms with Crippen molar-refractivity contribution in [2.45, 2.75) is 20.8 Å². The van der Waals surface area contributed by atoms with Crippen molar-refractivity contribution in [1.29, 1.82) is 0 Å². The molecule has 0 aliphatic heterocycles. The van der Waals surface area contributed by atoms with Gasteiger partial charge in [-0.2, -0.15) is 0 Å². The molecule has 2 N–H and O–H groups in total. The summed E-state index contributed by atoms with van der Waals surface area (Å²) in [6.07, 6.45) is 0. The third kappa shape index (κ3) is 9.14. The van der Waals surface area contributed by atoms with Gasteiger partial charge in [0.05, 0.1) is 6.61 Å². The van der Waals surface area contributed by atoms with Crippen LogP contribution in [0, 0.1) is 5.82 Å². The van der Waals surface area contributed by atoms with E-state index < -0.39 is 0 Å². The molecule has 1 aromatic carbocycles. The molecule has 0 atom stereocenters. The van der Waals surface area contributed by atoms with Crippen LogP contribution in [0.2, 0.25) is 0 Å². The number of nitrogens with two attached hydrogens (primary N) is 1. The predicted molar refractivity (Wildman–Crippen MR) is 91.0 cm³/mol. The quantitative estimate of drug-likeness (QED) is 0.855. The first kappa shape index (κ1) is 19.5. The van der Waals surface area contributed by atoms with Crippen LogP contribution in [0.5, 0.6) is 5.75 Å². The van der Waals surface area contributed by atoms with E-state index in [-0.39, 0.29) is 11.0 Å². The van der Waals surface area contributed by atoms with Crippen molar-refractivity contribution in [3.8, 4) is 5.75 Å². The van der Waals surface area contributed by atoms with E-state index in [9.17, 15) is 4.39 Å². The molecule has 0 bridgehead atoms. The number of halogens is 1. The van der Waals surface area contributed by atoms with Crippen molar-refractivity contribution in [3.05, 3.63) is 30.1 Å². The normalized spacial score (nSPS) is 9.14. The van der Waals surface area contributed by atoms with Crippen LogP contribution >= 0.6 is 24.4 Å². The van der Waals surface area contributed by atoms with E-state index in [0.717, 1.165) is 13.1 Å². The fraction of sp³-hybridized carbons (Fsp3) is 0.429. The number of thiocarbonyl (C=S) groups is 2. The van der Waals surface area contributed by atoms with E-state index in [0.29, 0.717) is 17.5 Å². The first-order valence-corrected chi connectivity index (χ1v) is 7.40. The molecule has 0 aliphatic rings. The van der Waals surface area contributed by atoms with Gasteiger partial charge in [0.2, 0.25) is 0 Å². The minimum atomic E-state index is -0.281. The number of nitrogens with zero attached hydrogens (tertiary/aromatic N) is 1. The molecule has 0 amide bonds. The summed E-state index contributed by atoms with van der Waals surface area (Å²) in [6, 6.07) is 5.82. The first-order chi connectivity index (χ1) is 9.94. The Labute approximate surface area is 136 Å². The van der Waals surface area contributed by atoms with E-state index in [4.69, 9.17) is 22.7 Å². The highest BCUT2D eigenvalue weighted by Crippen LogP contribution is 2.12. The molecule has 0 saturated carbocycles. The van der Waals surface area contributed by atoms with Crippen LogP contribution in [0.25, 0.3) is 0 Å². The van der Waals surface area contributed by atoms with Gasteiger partial charge >= 0.3 is 0 Å². The molecule has 0 aromatic heterocycles. The van der Waals surface area contributed by atoms with E-state index >= 15 is 0 Å². The monoisotopic (exact) mass is 332 g/mol. The van der Waals surface area contributed by atoms with Gasteiger partial charge in [-0.15, -0.1) is 0 Å². The number of hydrogen-bond acceptors (Lipinski definition) is 4. The largest absolute Gasteiger partial charge is 0.472 e. The molecule has 118 valence electrons. The van der Waals surface area contributed by atoms with E-state index in [2.05, 4.69) is 17.0 Å². The summed E-state index contributed by atoms with van der Waals surface area (Å²) in [5.74, 6) is 0.282. The molecule has 0 radical (unpaired) electrons. The van der Waals surface area contributed by atoms with Crippen LogP contribution in [0.1, 0.15) is 20.8 Å². The maximum atomic E-state index is 12.6. The van der Waals surface area contributed by atoms with Gasteiger partial charge in [0.25, 0.3) is 10.3 Å². The lowest BCUT2D eigenvalue weighted by Crippen LogP contribution is -2.32. The van der Waals surface area contributed by atoms with Crippen molar-refractivity contribution < 1.29 is 13.9 Å². The zero-order chi connectivity index (χ0) is 16.3. The fourth-order valence-electron chi connectivity index (χ4n) is 1.29.